The Morgan fingerprint density at radius 1 is 1.22 bits per heavy atom. The Kier molecular flexibility index (Phi) is 5.74. The molecule has 0 aliphatic heterocycles. The van der Waals surface area contributed by atoms with Crippen molar-refractivity contribution in [1.82, 2.24) is 9.97 Å². The van der Waals surface area contributed by atoms with Crippen LogP contribution < -0.4 is 0 Å². The molecule has 6 nitrogen and oxygen atoms in total. The second-order valence-corrected chi connectivity index (χ2v) is 7.62. The highest BCUT2D eigenvalue weighted by molar-refractivity contribution is 7.17. The van der Waals surface area contributed by atoms with E-state index >= 15 is 0 Å². The molecule has 2 aromatic heterocycles. The third-order valence-corrected chi connectivity index (χ3v) is 5.90. The van der Waals surface area contributed by atoms with Crippen LogP contribution in [0.15, 0.2) is 35.7 Å². The molecule has 0 fully saturated rings. The first kappa shape index (κ1) is 18.9. The maximum atomic E-state index is 12.4. The first-order chi connectivity index (χ1) is 13.0. The molecule has 3 rings (SSSR count). The Morgan fingerprint density at radius 2 is 1.96 bits per heavy atom. The first-order valence-corrected chi connectivity index (χ1v) is 9.73. The normalized spacial score (nSPS) is 11.6. The number of Topliss-reactive ketones (excluding diaryl/α,β-unsaturated/α-hetero) is 1. The summed E-state index contributed by atoms with van der Waals surface area (Å²) >= 11 is 2.46. The molecule has 0 radical (unpaired) electrons. The van der Waals surface area contributed by atoms with Gasteiger partial charge in [-0.05, 0) is 13.8 Å². The lowest BCUT2D eigenvalue weighted by Gasteiger charge is -2.06. The van der Waals surface area contributed by atoms with E-state index in [-0.39, 0.29) is 0 Å². The van der Waals surface area contributed by atoms with Crippen LogP contribution in [0, 0.1) is 25.2 Å². The van der Waals surface area contributed by atoms with Crippen LogP contribution in [-0.4, -0.2) is 28.3 Å². The fourth-order valence-electron chi connectivity index (χ4n) is 2.35. The third kappa shape index (κ3) is 4.27. The average molecular weight is 397 g/mol. The number of aryl methyl sites for hydroxylation is 2. The fraction of sp³-hybridized carbons (Fsp3) is 0.211. The molecular formula is C19H15N3O3S2. The minimum absolute atomic E-state index is 0.347. The SMILES string of the molecule is Cc1csc([C@H](C#N)C(=O)COC(=O)c2sc(-c3ccccc3)nc2C)n1. The number of benzene rings is 1. The summed E-state index contributed by atoms with van der Waals surface area (Å²) in [6, 6.07) is 11.4. The Hall–Kier alpha value is -2.89. The summed E-state index contributed by atoms with van der Waals surface area (Å²) in [5.74, 6) is -2.14. The van der Waals surface area contributed by atoms with Crippen molar-refractivity contribution in [2.45, 2.75) is 19.8 Å². The Bertz CT molecular complexity index is 1020. The van der Waals surface area contributed by atoms with E-state index < -0.39 is 24.3 Å². The molecule has 3 aromatic rings. The predicted molar refractivity (Wildman–Crippen MR) is 103 cm³/mol. The van der Waals surface area contributed by atoms with Gasteiger partial charge >= 0.3 is 5.97 Å². The van der Waals surface area contributed by atoms with Gasteiger partial charge in [0.2, 0.25) is 0 Å². The van der Waals surface area contributed by atoms with E-state index in [0.717, 1.165) is 11.3 Å². The van der Waals surface area contributed by atoms with Gasteiger partial charge in [-0.1, -0.05) is 30.3 Å². The van der Waals surface area contributed by atoms with Gasteiger partial charge in [0.1, 0.15) is 14.9 Å². The van der Waals surface area contributed by atoms with Crippen molar-refractivity contribution < 1.29 is 14.3 Å². The molecule has 0 aliphatic carbocycles. The van der Waals surface area contributed by atoms with Gasteiger partial charge in [-0.3, -0.25) is 4.79 Å². The second-order valence-electron chi connectivity index (χ2n) is 5.73. The van der Waals surface area contributed by atoms with Gasteiger partial charge in [-0.25, -0.2) is 14.8 Å². The van der Waals surface area contributed by atoms with E-state index in [0.29, 0.717) is 20.6 Å². The number of hydrogen-bond acceptors (Lipinski definition) is 8. The van der Waals surface area contributed by atoms with Crippen molar-refractivity contribution in [2.24, 2.45) is 0 Å². The lowest BCUT2D eigenvalue weighted by molar-refractivity contribution is -0.122. The van der Waals surface area contributed by atoms with Crippen molar-refractivity contribution in [3.63, 3.8) is 0 Å². The average Bonchev–Trinajstić information content (AvgIpc) is 3.27. The Balaban J connectivity index is 1.68. The molecule has 0 unspecified atom stereocenters. The van der Waals surface area contributed by atoms with Crippen LogP contribution in [-0.2, 0) is 9.53 Å². The van der Waals surface area contributed by atoms with Crippen LogP contribution in [0.4, 0.5) is 0 Å². The van der Waals surface area contributed by atoms with Crippen molar-refractivity contribution in [3.8, 4) is 16.6 Å². The fourth-order valence-corrected chi connectivity index (χ4v) is 4.17. The first-order valence-electron chi connectivity index (χ1n) is 8.04. The summed E-state index contributed by atoms with van der Waals surface area (Å²) in [6.07, 6.45) is 0. The number of aromatic nitrogens is 2. The molecule has 8 heteroatoms. The van der Waals surface area contributed by atoms with Gasteiger partial charge in [0.05, 0.1) is 11.8 Å². The number of ketones is 1. The standard InChI is InChI=1S/C19H15N3O3S2/c1-11-10-26-18(21-11)14(8-20)15(23)9-25-19(24)16-12(2)22-17(27-16)13-6-4-3-5-7-13/h3-7,10,14H,9H2,1-2H3/t14-/m1/s1. The number of hydrogen-bond donors (Lipinski definition) is 0. The number of esters is 1. The molecule has 2 heterocycles. The maximum absolute atomic E-state index is 12.4. The van der Waals surface area contributed by atoms with Crippen molar-refractivity contribution in [1.29, 1.82) is 5.26 Å². The number of carbonyl (C=O) groups excluding carboxylic acids is 2. The summed E-state index contributed by atoms with van der Waals surface area (Å²) in [4.78, 5) is 33.6. The summed E-state index contributed by atoms with van der Waals surface area (Å²) < 4.78 is 5.14. The van der Waals surface area contributed by atoms with E-state index in [1.807, 2.05) is 36.4 Å². The Morgan fingerprint density at radius 3 is 2.59 bits per heavy atom. The number of nitrogens with zero attached hydrogens (tertiary/aromatic N) is 3. The lowest BCUT2D eigenvalue weighted by atomic mass is 10.1. The van der Waals surface area contributed by atoms with E-state index in [1.165, 1.54) is 22.7 Å². The zero-order valence-electron chi connectivity index (χ0n) is 14.6. The number of carbonyl (C=O) groups is 2. The number of thiazole rings is 2. The van der Waals surface area contributed by atoms with Crippen LogP contribution in [0.25, 0.3) is 10.6 Å². The highest BCUT2D eigenvalue weighted by Gasteiger charge is 2.25. The predicted octanol–water partition coefficient (Wildman–Crippen LogP) is 3.92. The largest absolute Gasteiger partial charge is 0.453 e. The topological polar surface area (TPSA) is 92.9 Å². The van der Waals surface area contributed by atoms with Gasteiger partial charge in [0.25, 0.3) is 0 Å². The van der Waals surface area contributed by atoms with E-state index in [1.54, 1.807) is 19.2 Å². The molecule has 0 saturated heterocycles. The van der Waals surface area contributed by atoms with Crippen molar-refractivity contribution >= 4 is 34.4 Å². The number of nitriles is 1. The van der Waals surface area contributed by atoms with Crippen LogP contribution in [0.3, 0.4) is 0 Å². The quantitative estimate of drug-likeness (QED) is 0.585. The molecule has 136 valence electrons. The third-order valence-electron chi connectivity index (χ3n) is 3.68. The summed E-state index contributed by atoms with van der Waals surface area (Å²) in [7, 11) is 0. The molecule has 0 N–H and O–H groups in total. The summed E-state index contributed by atoms with van der Waals surface area (Å²) in [5, 5.41) is 12.2. The van der Waals surface area contributed by atoms with E-state index in [9.17, 15) is 14.9 Å². The molecule has 0 spiro atoms. The van der Waals surface area contributed by atoms with Gasteiger partial charge < -0.3 is 4.74 Å². The zero-order chi connectivity index (χ0) is 19.4. The molecular weight excluding hydrogens is 382 g/mol. The van der Waals surface area contributed by atoms with Gasteiger partial charge in [0.15, 0.2) is 18.3 Å². The minimum Gasteiger partial charge on any atom is -0.453 e. The van der Waals surface area contributed by atoms with Crippen molar-refractivity contribution in [2.75, 3.05) is 6.61 Å². The van der Waals surface area contributed by atoms with Crippen molar-refractivity contribution in [3.05, 3.63) is 57.0 Å². The molecule has 1 aromatic carbocycles. The monoisotopic (exact) mass is 397 g/mol. The lowest BCUT2D eigenvalue weighted by Crippen LogP contribution is -2.19. The van der Waals surface area contributed by atoms with E-state index in [4.69, 9.17) is 4.74 Å². The minimum atomic E-state index is -1.03. The summed E-state index contributed by atoms with van der Waals surface area (Å²) in [6.45, 7) is 3.03. The molecule has 1 atom stereocenters. The second kappa shape index (κ2) is 8.20. The van der Waals surface area contributed by atoms with Crippen LogP contribution in [0.1, 0.15) is 32.0 Å². The smallest absolute Gasteiger partial charge is 0.350 e. The Labute approximate surface area is 164 Å². The molecule has 0 amide bonds. The molecule has 0 saturated carbocycles. The van der Waals surface area contributed by atoms with Gasteiger partial charge in [0, 0.05) is 16.6 Å². The van der Waals surface area contributed by atoms with Crippen LogP contribution >= 0.6 is 22.7 Å². The molecule has 0 bridgehead atoms. The number of ether oxygens (including phenoxy) is 1. The highest BCUT2D eigenvalue weighted by atomic mass is 32.1. The highest BCUT2D eigenvalue weighted by Crippen LogP contribution is 2.28. The summed E-state index contributed by atoms with van der Waals surface area (Å²) in [5.41, 5.74) is 2.20. The zero-order valence-corrected chi connectivity index (χ0v) is 16.3. The maximum Gasteiger partial charge on any atom is 0.350 e. The number of rotatable bonds is 6. The van der Waals surface area contributed by atoms with Gasteiger partial charge in [-0.15, -0.1) is 22.7 Å². The van der Waals surface area contributed by atoms with Crippen LogP contribution in [0.2, 0.25) is 0 Å². The van der Waals surface area contributed by atoms with Crippen LogP contribution in [0.5, 0.6) is 0 Å². The molecule has 0 aliphatic rings. The van der Waals surface area contributed by atoms with E-state index in [2.05, 4.69) is 9.97 Å². The molecule has 27 heavy (non-hydrogen) atoms. The van der Waals surface area contributed by atoms with Gasteiger partial charge in [-0.2, -0.15) is 5.26 Å².